The molecule has 0 radical (unpaired) electrons. The van der Waals surface area contributed by atoms with Gasteiger partial charge in [0.1, 0.15) is 23.8 Å². The Hall–Kier alpha value is -1.78. The molecule has 0 aliphatic carbocycles. The van der Waals surface area contributed by atoms with Gasteiger partial charge in [-0.3, -0.25) is 10.1 Å². The van der Waals surface area contributed by atoms with E-state index in [2.05, 4.69) is 30.4 Å². The lowest BCUT2D eigenvalue weighted by molar-refractivity contribution is 0.299. The first-order valence-corrected chi connectivity index (χ1v) is 8.42. The standard InChI is InChI=1S/C17H22F2N6.HI/c1-20-17(21-7-4-13-10-14(18)2-3-15(13)19)25-8-5-12(6-9-25)16-22-11-23-24-16;/h2-3,10-12H,4-9H2,1H3,(H,20,21)(H,22,23,24);1H. The fraction of sp³-hybridized carbons (Fsp3) is 0.471. The highest BCUT2D eigenvalue weighted by Gasteiger charge is 2.24. The highest BCUT2D eigenvalue weighted by atomic mass is 127. The molecule has 1 saturated heterocycles. The van der Waals surface area contributed by atoms with E-state index in [4.69, 9.17) is 0 Å². The predicted molar refractivity (Wildman–Crippen MR) is 107 cm³/mol. The van der Waals surface area contributed by atoms with Crippen LogP contribution in [0, 0.1) is 11.6 Å². The fourth-order valence-corrected chi connectivity index (χ4v) is 3.15. The predicted octanol–water partition coefficient (Wildman–Crippen LogP) is 2.70. The van der Waals surface area contributed by atoms with Crippen molar-refractivity contribution in [2.75, 3.05) is 26.7 Å². The van der Waals surface area contributed by atoms with Gasteiger partial charge in [0.2, 0.25) is 0 Å². The normalized spacial score (nSPS) is 15.7. The van der Waals surface area contributed by atoms with Crippen LogP contribution in [0.2, 0.25) is 0 Å². The third kappa shape index (κ3) is 5.12. The summed E-state index contributed by atoms with van der Waals surface area (Å²) >= 11 is 0. The number of hydrogen-bond donors (Lipinski definition) is 2. The molecular weight excluding hydrogens is 453 g/mol. The SMILES string of the molecule is CN=C(NCCc1cc(F)ccc1F)N1CCC(c2ncn[nH]2)CC1.I. The average Bonchev–Trinajstić information content (AvgIpc) is 3.16. The summed E-state index contributed by atoms with van der Waals surface area (Å²) in [4.78, 5) is 10.7. The van der Waals surface area contributed by atoms with Crippen LogP contribution in [0.4, 0.5) is 8.78 Å². The first-order chi connectivity index (χ1) is 12.2. The molecule has 0 bridgehead atoms. The van der Waals surface area contributed by atoms with Gasteiger partial charge in [-0.05, 0) is 43.0 Å². The molecule has 2 heterocycles. The quantitative estimate of drug-likeness (QED) is 0.405. The molecule has 1 aromatic heterocycles. The first kappa shape index (κ1) is 20.5. The lowest BCUT2D eigenvalue weighted by atomic mass is 9.96. The van der Waals surface area contributed by atoms with Crippen LogP contribution in [0.5, 0.6) is 0 Å². The minimum atomic E-state index is -0.421. The summed E-state index contributed by atoms with van der Waals surface area (Å²) in [6.45, 7) is 2.22. The smallest absolute Gasteiger partial charge is 0.193 e. The molecule has 0 spiro atoms. The summed E-state index contributed by atoms with van der Waals surface area (Å²) < 4.78 is 26.9. The molecule has 0 atom stereocenters. The van der Waals surface area contributed by atoms with Gasteiger partial charge >= 0.3 is 0 Å². The number of benzene rings is 1. The number of halogens is 3. The van der Waals surface area contributed by atoms with E-state index in [1.165, 1.54) is 12.4 Å². The number of nitrogens with zero attached hydrogens (tertiary/aromatic N) is 4. The Morgan fingerprint density at radius 1 is 1.35 bits per heavy atom. The average molecular weight is 476 g/mol. The van der Waals surface area contributed by atoms with Crippen LogP contribution in [0.3, 0.4) is 0 Å². The zero-order valence-corrected chi connectivity index (χ0v) is 16.9. The van der Waals surface area contributed by atoms with E-state index < -0.39 is 5.82 Å². The molecule has 1 aromatic carbocycles. The van der Waals surface area contributed by atoms with Gasteiger partial charge in [0.15, 0.2) is 5.96 Å². The van der Waals surface area contributed by atoms with Crippen LogP contribution in [0.15, 0.2) is 29.5 Å². The van der Waals surface area contributed by atoms with Crippen molar-refractivity contribution in [3.8, 4) is 0 Å². The summed E-state index contributed by atoms with van der Waals surface area (Å²) in [5.74, 6) is 1.30. The fourth-order valence-electron chi connectivity index (χ4n) is 3.15. The van der Waals surface area contributed by atoms with E-state index in [1.54, 1.807) is 7.05 Å². The molecule has 0 saturated carbocycles. The van der Waals surface area contributed by atoms with E-state index in [0.717, 1.165) is 49.8 Å². The Labute approximate surface area is 168 Å². The van der Waals surface area contributed by atoms with Gasteiger partial charge in [0, 0.05) is 32.6 Å². The largest absolute Gasteiger partial charge is 0.356 e. The van der Waals surface area contributed by atoms with Crippen molar-refractivity contribution in [2.24, 2.45) is 4.99 Å². The molecule has 2 aromatic rings. The van der Waals surface area contributed by atoms with E-state index >= 15 is 0 Å². The molecule has 0 unspecified atom stereocenters. The minimum Gasteiger partial charge on any atom is -0.356 e. The van der Waals surface area contributed by atoms with Gasteiger partial charge in [-0.15, -0.1) is 24.0 Å². The van der Waals surface area contributed by atoms with E-state index in [9.17, 15) is 8.78 Å². The summed E-state index contributed by atoms with van der Waals surface area (Å²) in [6.07, 6.45) is 3.87. The number of H-pyrrole nitrogens is 1. The Balaban J connectivity index is 0.00000243. The number of aromatic nitrogens is 3. The van der Waals surface area contributed by atoms with Crippen molar-refractivity contribution in [2.45, 2.75) is 25.2 Å². The van der Waals surface area contributed by atoms with Crippen LogP contribution in [-0.2, 0) is 6.42 Å². The summed E-state index contributed by atoms with van der Waals surface area (Å²) in [5.41, 5.74) is 0.368. The van der Waals surface area contributed by atoms with Gasteiger partial charge in [-0.1, -0.05) is 0 Å². The Morgan fingerprint density at radius 3 is 2.77 bits per heavy atom. The molecule has 0 amide bonds. The van der Waals surface area contributed by atoms with Gasteiger partial charge in [0.05, 0.1) is 0 Å². The highest BCUT2D eigenvalue weighted by Crippen LogP contribution is 2.24. The zero-order valence-electron chi connectivity index (χ0n) is 14.6. The van der Waals surface area contributed by atoms with Crippen LogP contribution < -0.4 is 5.32 Å². The van der Waals surface area contributed by atoms with Crippen LogP contribution in [0.1, 0.15) is 30.1 Å². The second-order valence-electron chi connectivity index (χ2n) is 6.09. The molecule has 1 aliphatic rings. The van der Waals surface area contributed by atoms with Crippen molar-refractivity contribution in [3.05, 3.63) is 47.5 Å². The van der Waals surface area contributed by atoms with E-state index in [1.807, 2.05) is 0 Å². The minimum absolute atomic E-state index is 0. The number of likely N-dealkylation sites (tertiary alicyclic amines) is 1. The summed E-state index contributed by atoms with van der Waals surface area (Å²) in [7, 11) is 1.73. The van der Waals surface area contributed by atoms with Gasteiger partial charge < -0.3 is 10.2 Å². The van der Waals surface area contributed by atoms with Crippen LogP contribution in [-0.4, -0.2) is 52.7 Å². The molecule has 26 heavy (non-hydrogen) atoms. The molecule has 3 rings (SSSR count). The third-order valence-electron chi connectivity index (χ3n) is 4.51. The maximum Gasteiger partial charge on any atom is 0.193 e. The van der Waals surface area contributed by atoms with E-state index in [-0.39, 0.29) is 29.8 Å². The Bertz CT molecular complexity index is 714. The number of guanidine groups is 1. The van der Waals surface area contributed by atoms with Crippen LogP contribution in [0.25, 0.3) is 0 Å². The maximum absolute atomic E-state index is 13.7. The second kappa shape index (κ2) is 9.79. The molecular formula is C17H23F2IN6. The van der Waals surface area contributed by atoms with Crippen molar-refractivity contribution in [1.82, 2.24) is 25.4 Å². The molecule has 2 N–H and O–H groups in total. The summed E-state index contributed by atoms with van der Waals surface area (Å²) in [5, 5.41) is 10.1. The lowest BCUT2D eigenvalue weighted by Crippen LogP contribution is -2.45. The number of hydrogen-bond acceptors (Lipinski definition) is 3. The van der Waals surface area contributed by atoms with E-state index in [0.29, 0.717) is 24.4 Å². The number of nitrogens with one attached hydrogen (secondary N) is 2. The number of aliphatic imine (C=N–C) groups is 1. The van der Waals surface area contributed by atoms with Crippen molar-refractivity contribution in [3.63, 3.8) is 0 Å². The van der Waals surface area contributed by atoms with Crippen molar-refractivity contribution in [1.29, 1.82) is 0 Å². The Morgan fingerprint density at radius 2 is 2.12 bits per heavy atom. The van der Waals surface area contributed by atoms with Gasteiger partial charge in [-0.2, -0.15) is 5.10 Å². The second-order valence-corrected chi connectivity index (χ2v) is 6.09. The molecule has 1 aliphatic heterocycles. The highest BCUT2D eigenvalue weighted by molar-refractivity contribution is 14.0. The topological polar surface area (TPSA) is 69.2 Å². The first-order valence-electron chi connectivity index (χ1n) is 8.42. The Kier molecular flexibility index (Phi) is 7.73. The molecule has 142 valence electrons. The number of aromatic amines is 1. The lowest BCUT2D eigenvalue weighted by Gasteiger charge is -2.33. The van der Waals surface area contributed by atoms with Gasteiger partial charge in [-0.25, -0.2) is 13.8 Å². The van der Waals surface area contributed by atoms with Crippen LogP contribution >= 0.6 is 24.0 Å². The molecule has 1 fully saturated rings. The molecule has 9 heteroatoms. The maximum atomic E-state index is 13.7. The van der Waals surface area contributed by atoms with Gasteiger partial charge in [0.25, 0.3) is 0 Å². The zero-order chi connectivity index (χ0) is 17.6. The number of rotatable bonds is 4. The molecule has 6 nitrogen and oxygen atoms in total. The van der Waals surface area contributed by atoms with Crippen molar-refractivity contribution >= 4 is 29.9 Å². The number of piperidine rings is 1. The third-order valence-corrected chi connectivity index (χ3v) is 4.51. The van der Waals surface area contributed by atoms with Crippen molar-refractivity contribution < 1.29 is 8.78 Å². The summed E-state index contributed by atoms with van der Waals surface area (Å²) in [6, 6.07) is 3.53. The monoisotopic (exact) mass is 476 g/mol.